The highest BCUT2D eigenvalue weighted by molar-refractivity contribution is 6.33. The summed E-state index contributed by atoms with van der Waals surface area (Å²) in [6, 6.07) is 24.0. The third-order valence-corrected chi connectivity index (χ3v) is 6.96. The van der Waals surface area contributed by atoms with Crippen LogP contribution in [-0.4, -0.2) is 16.1 Å². The smallest absolute Gasteiger partial charge is 0.288 e. The van der Waals surface area contributed by atoms with E-state index in [0.29, 0.717) is 17.9 Å². The molecule has 4 rings (SSSR count). The van der Waals surface area contributed by atoms with Crippen molar-refractivity contribution < 1.29 is 14.6 Å². The molecule has 0 fully saturated rings. The lowest BCUT2D eigenvalue weighted by atomic mass is 10.1. The van der Waals surface area contributed by atoms with Crippen molar-refractivity contribution in [2.24, 2.45) is 5.73 Å². The minimum absolute atomic E-state index is 0.0330. The Labute approximate surface area is 268 Å². The highest BCUT2D eigenvalue weighted by atomic mass is 35.5. The molecule has 0 radical (unpaired) electrons. The Morgan fingerprint density at radius 1 is 0.767 bits per heavy atom. The van der Waals surface area contributed by atoms with Crippen LogP contribution in [0.15, 0.2) is 84.9 Å². The minimum Gasteiger partial charge on any atom is -0.324 e. The highest BCUT2D eigenvalue weighted by Gasteiger charge is 2.14. The highest BCUT2D eigenvalue weighted by Crippen LogP contribution is 2.26. The van der Waals surface area contributed by atoms with Crippen LogP contribution >= 0.6 is 46.4 Å². The summed E-state index contributed by atoms with van der Waals surface area (Å²) < 4.78 is 0. The van der Waals surface area contributed by atoms with Crippen molar-refractivity contribution in [2.45, 2.75) is 32.5 Å². The summed E-state index contributed by atoms with van der Waals surface area (Å²) in [5, 5.41) is 26.1. The number of carbonyl (C=O) groups is 1. The van der Waals surface area contributed by atoms with E-state index in [1.54, 1.807) is 12.1 Å². The Bertz CT molecular complexity index is 1570. The van der Waals surface area contributed by atoms with E-state index in [9.17, 15) is 25.0 Å². The van der Waals surface area contributed by atoms with Gasteiger partial charge in [-0.05, 0) is 73.0 Å². The van der Waals surface area contributed by atoms with Gasteiger partial charge in [0.2, 0.25) is 0 Å². The number of nitro groups is 2. The van der Waals surface area contributed by atoms with Crippen LogP contribution in [0.25, 0.3) is 0 Å². The summed E-state index contributed by atoms with van der Waals surface area (Å²) in [7, 11) is 0. The second-order valence-corrected chi connectivity index (χ2v) is 10.8. The van der Waals surface area contributed by atoms with E-state index in [1.165, 1.54) is 18.2 Å². The first-order valence-corrected chi connectivity index (χ1v) is 14.1. The molecule has 0 aromatic heterocycles. The molecule has 0 saturated heterocycles. The molecule has 0 heterocycles. The largest absolute Gasteiger partial charge is 0.324 e. The van der Waals surface area contributed by atoms with Crippen LogP contribution in [-0.2, 0) is 6.54 Å². The van der Waals surface area contributed by atoms with Gasteiger partial charge in [-0.3, -0.25) is 25.0 Å². The zero-order valence-corrected chi connectivity index (χ0v) is 26.1. The molecular formula is C30H28Cl4N4O5. The first-order valence-electron chi connectivity index (χ1n) is 12.6. The number of rotatable bonds is 8. The zero-order valence-electron chi connectivity index (χ0n) is 23.0. The molecule has 226 valence electrons. The molecule has 13 heteroatoms. The molecule has 0 aliphatic carbocycles. The fourth-order valence-electron chi connectivity index (χ4n) is 3.51. The van der Waals surface area contributed by atoms with Crippen molar-refractivity contribution in [1.82, 2.24) is 5.32 Å². The Morgan fingerprint density at radius 2 is 1.28 bits per heavy atom. The van der Waals surface area contributed by atoms with E-state index in [-0.39, 0.29) is 39.1 Å². The number of benzene rings is 4. The molecule has 2 atom stereocenters. The van der Waals surface area contributed by atoms with Gasteiger partial charge in [0.1, 0.15) is 16.3 Å². The average molecular weight is 666 g/mol. The van der Waals surface area contributed by atoms with Crippen LogP contribution in [0.3, 0.4) is 0 Å². The number of hydrogen-bond acceptors (Lipinski definition) is 7. The summed E-state index contributed by atoms with van der Waals surface area (Å²) in [6.07, 6.45) is 0.531. The van der Waals surface area contributed by atoms with Crippen LogP contribution < -0.4 is 11.1 Å². The maximum atomic E-state index is 10.9. The standard InChI is InChI=1S/C15H14Cl2N2O2.C8H10ClN.C7H4ClNO3/c1-10(12-3-2-4-13(16)8-12)18-9-11-5-6-14(17)15(7-11)19(20)21;1-6(10)7-3-2-4-8(9)5-7;8-6-2-1-5(4-10)3-7(6)9(11)12/h2-8,10,18H,9H2,1H3;2-6H,10H2,1H3;1-4H/t;6-;/m.1./s1. The summed E-state index contributed by atoms with van der Waals surface area (Å²) in [5.41, 5.74) is 8.48. The maximum absolute atomic E-state index is 10.9. The summed E-state index contributed by atoms with van der Waals surface area (Å²) >= 11 is 23.0. The van der Waals surface area contributed by atoms with E-state index in [1.807, 2.05) is 62.4 Å². The number of carbonyl (C=O) groups excluding carboxylic acids is 1. The monoisotopic (exact) mass is 664 g/mol. The van der Waals surface area contributed by atoms with Crippen LogP contribution in [0.2, 0.25) is 20.1 Å². The topological polar surface area (TPSA) is 141 Å². The molecule has 43 heavy (non-hydrogen) atoms. The first-order chi connectivity index (χ1) is 20.3. The zero-order chi connectivity index (χ0) is 32.1. The van der Waals surface area contributed by atoms with Gasteiger partial charge in [0.05, 0.1) is 9.85 Å². The molecule has 9 nitrogen and oxygen atoms in total. The van der Waals surface area contributed by atoms with E-state index >= 15 is 0 Å². The number of nitro benzene ring substituents is 2. The lowest BCUT2D eigenvalue weighted by Crippen LogP contribution is -2.18. The molecule has 0 aliphatic rings. The summed E-state index contributed by atoms with van der Waals surface area (Å²) in [5.74, 6) is 0. The maximum Gasteiger partial charge on any atom is 0.288 e. The average Bonchev–Trinajstić information content (AvgIpc) is 2.97. The minimum atomic E-state index is -0.630. The van der Waals surface area contributed by atoms with E-state index < -0.39 is 9.85 Å². The van der Waals surface area contributed by atoms with Crippen molar-refractivity contribution in [2.75, 3.05) is 0 Å². The molecule has 0 aliphatic heterocycles. The van der Waals surface area contributed by atoms with Gasteiger partial charge in [-0.15, -0.1) is 0 Å². The van der Waals surface area contributed by atoms with Crippen LogP contribution in [0, 0.1) is 20.2 Å². The van der Waals surface area contributed by atoms with E-state index in [0.717, 1.165) is 27.8 Å². The fraction of sp³-hybridized carbons (Fsp3) is 0.167. The van der Waals surface area contributed by atoms with Crippen LogP contribution in [0.4, 0.5) is 11.4 Å². The van der Waals surface area contributed by atoms with Crippen molar-refractivity contribution in [3.05, 3.63) is 148 Å². The summed E-state index contributed by atoms with van der Waals surface area (Å²) in [6.45, 7) is 4.45. The van der Waals surface area contributed by atoms with Gasteiger partial charge >= 0.3 is 0 Å². The first kappa shape index (κ1) is 35.6. The lowest BCUT2D eigenvalue weighted by Gasteiger charge is -2.14. The third kappa shape index (κ3) is 11.9. The molecule has 0 amide bonds. The molecule has 0 saturated carbocycles. The van der Waals surface area contributed by atoms with Crippen molar-refractivity contribution in [1.29, 1.82) is 0 Å². The van der Waals surface area contributed by atoms with Crippen LogP contribution in [0.5, 0.6) is 0 Å². The van der Waals surface area contributed by atoms with Gasteiger partial charge in [0, 0.05) is 46.4 Å². The second kappa shape index (κ2) is 17.5. The Morgan fingerprint density at radius 3 is 1.77 bits per heavy atom. The van der Waals surface area contributed by atoms with Gasteiger partial charge < -0.3 is 11.1 Å². The molecule has 3 N–H and O–H groups in total. The molecular weight excluding hydrogens is 638 g/mol. The number of nitrogens with two attached hydrogens (primary N) is 1. The molecule has 4 aromatic rings. The summed E-state index contributed by atoms with van der Waals surface area (Å²) in [4.78, 5) is 30.3. The molecule has 0 bridgehead atoms. The van der Waals surface area contributed by atoms with Gasteiger partial charge in [0.25, 0.3) is 11.4 Å². The number of aldehydes is 1. The Hall–Kier alpha value is -3.57. The van der Waals surface area contributed by atoms with E-state index in [4.69, 9.17) is 52.1 Å². The molecule has 1 unspecified atom stereocenters. The predicted octanol–water partition coefficient (Wildman–Crippen LogP) is 9.17. The number of halogens is 4. The van der Waals surface area contributed by atoms with E-state index in [2.05, 4.69) is 5.32 Å². The third-order valence-electron chi connectivity index (χ3n) is 5.85. The van der Waals surface area contributed by atoms with Crippen molar-refractivity contribution in [3.63, 3.8) is 0 Å². The SMILES string of the molecule is CC(NCc1ccc(Cl)c([N+](=O)[O-])c1)c1cccc(Cl)c1.C[C@@H](N)c1cccc(Cl)c1.O=Cc1ccc(Cl)c([N+](=O)[O-])c1. The fourth-order valence-corrected chi connectivity index (χ4v) is 4.28. The number of nitrogens with one attached hydrogen (secondary N) is 1. The quantitative estimate of drug-likeness (QED) is 0.109. The Balaban J connectivity index is 0.000000248. The van der Waals surface area contributed by atoms with Gasteiger partial charge in [-0.2, -0.15) is 0 Å². The molecule has 0 spiro atoms. The van der Waals surface area contributed by atoms with Crippen molar-refractivity contribution >= 4 is 64.1 Å². The number of nitrogens with zero attached hydrogens (tertiary/aromatic N) is 2. The second-order valence-electron chi connectivity index (χ2n) is 9.13. The van der Waals surface area contributed by atoms with Gasteiger partial charge in [-0.25, -0.2) is 0 Å². The Kier molecular flexibility index (Phi) is 14.5. The van der Waals surface area contributed by atoms with Crippen molar-refractivity contribution in [3.8, 4) is 0 Å². The number of hydrogen-bond donors (Lipinski definition) is 2. The van der Waals surface area contributed by atoms with Gasteiger partial charge in [0.15, 0.2) is 0 Å². The van der Waals surface area contributed by atoms with Gasteiger partial charge in [-0.1, -0.05) is 76.7 Å². The predicted molar refractivity (Wildman–Crippen MR) is 172 cm³/mol. The lowest BCUT2D eigenvalue weighted by molar-refractivity contribution is -0.384. The molecule has 4 aromatic carbocycles. The normalized spacial score (nSPS) is 11.6. The van der Waals surface area contributed by atoms with Crippen LogP contribution in [0.1, 0.15) is 53.0 Å².